The Morgan fingerprint density at radius 3 is 2.37 bits per heavy atom. The summed E-state index contributed by atoms with van der Waals surface area (Å²) in [6.45, 7) is 2.71. The smallest absolute Gasteiger partial charge is 0.355 e. The second kappa shape index (κ2) is 18.2. The number of carbonyl (C=O) groups excluding carboxylic acids is 5. The first-order chi connectivity index (χ1) is 33.9. The van der Waals surface area contributed by atoms with Gasteiger partial charge >= 0.3 is 5.76 Å². The number of aromatic nitrogens is 5. The number of anilines is 3. The van der Waals surface area contributed by atoms with Gasteiger partial charge in [0, 0.05) is 73.3 Å². The number of nitrogens with zero attached hydrogens (tertiary/aromatic N) is 7. The van der Waals surface area contributed by atoms with Crippen molar-refractivity contribution >= 4 is 67.7 Å². The van der Waals surface area contributed by atoms with E-state index < -0.39 is 57.4 Å². The number of halogens is 3. The van der Waals surface area contributed by atoms with E-state index in [1.807, 2.05) is 20.5 Å². The number of amides is 5. The normalized spacial score (nSPS) is 20.0. The molecule has 5 N–H and O–H groups in total. The van der Waals surface area contributed by atoms with Crippen LogP contribution in [0.1, 0.15) is 83.9 Å². The number of piperidine rings is 2. The average molecular weight is 994 g/mol. The third kappa shape index (κ3) is 8.78. The number of fused-ring (bicyclic) bond motifs is 2. The lowest BCUT2D eigenvalue weighted by Gasteiger charge is -2.40. The number of hydrogen-bond donors (Lipinski definition) is 4. The number of nitrogens with one attached hydrogen (secondary N) is 3. The van der Waals surface area contributed by atoms with Gasteiger partial charge in [-0.05, 0) is 87.1 Å². The molecule has 5 amide bonds. The van der Waals surface area contributed by atoms with Crippen LogP contribution >= 0.6 is 0 Å². The fraction of sp³-hybridized carbons (Fsp3) is 0.333. The minimum absolute atomic E-state index is 0.0000184. The number of benzene rings is 3. The van der Waals surface area contributed by atoms with Gasteiger partial charge in [-0.15, -0.1) is 0 Å². The van der Waals surface area contributed by atoms with Crippen LogP contribution in [0.5, 0.6) is 5.75 Å². The molecule has 19 nitrogen and oxygen atoms in total. The first kappa shape index (κ1) is 46.9. The van der Waals surface area contributed by atoms with E-state index in [9.17, 15) is 45.6 Å². The molecule has 3 fully saturated rings. The lowest BCUT2D eigenvalue weighted by molar-refractivity contribution is -0.140. The number of hydrogen-bond acceptors (Lipinski definition) is 13. The summed E-state index contributed by atoms with van der Waals surface area (Å²) in [5.74, 6) is -6.52. The van der Waals surface area contributed by atoms with Gasteiger partial charge in [-0.3, -0.25) is 48.3 Å². The van der Waals surface area contributed by atoms with Crippen molar-refractivity contribution in [2.75, 3.05) is 28.9 Å². The van der Waals surface area contributed by atoms with E-state index in [0.29, 0.717) is 77.7 Å². The predicted molar refractivity (Wildman–Crippen MR) is 252 cm³/mol. The molecule has 3 aromatic heterocycles. The van der Waals surface area contributed by atoms with Crippen LogP contribution in [0.25, 0.3) is 33.3 Å². The maximum absolute atomic E-state index is 13.7. The molecule has 23 heteroatoms. The zero-order valence-electron chi connectivity index (χ0n) is 38.1. The molecule has 1 aliphatic carbocycles. The highest BCUT2D eigenvalue weighted by atomic mass is 32.2. The van der Waals surface area contributed by atoms with Crippen molar-refractivity contribution < 1.29 is 50.3 Å². The van der Waals surface area contributed by atoms with E-state index in [1.54, 1.807) is 49.2 Å². The van der Waals surface area contributed by atoms with Gasteiger partial charge in [-0.2, -0.15) is 19.0 Å². The molecule has 368 valence electrons. The molecule has 2 saturated heterocycles. The second-order valence-electron chi connectivity index (χ2n) is 18.2. The first-order valence-corrected chi connectivity index (χ1v) is 24.4. The molecular weight excluding hydrogens is 948 g/mol. The third-order valence-electron chi connectivity index (χ3n) is 13.6. The minimum atomic E-state index is -5.08. The van der Waals surface area contributed by atoms with Crippen LogP contribution in [0.4, 0.5) is 30.4 Å². The van der Waals surface area contributed by atoms with E-state index in [0.717, 1.165) is 10.5 Å². The molecule has 0 spiro atoms. The van der Waals surface area contributed by atoms with E-state index in [1.165, 1.54) is 42.5 Å². The van der Waals surface area contributed by atoms with Gasteiger partial charge in [-0.25, -0.2) is 17.8 Å². The average Bonchev–Trinajstić information content (AvgIpc) is 4.03. The van der Waals surface area contributed by atoms with Crippen molar-refractivity contribution in [3.8, 4) is 28.1 Å². The first-order valence-electron chi connectivity index (χ1n) is 22.9. The van der Waals surface area contributed by atoms with Crippen molar-refractivity contribution in [2.45, 2.75) is 75.4 Å². The second-order valence-corrected chi connectivity index (χ2v) is 19.8. The predicted octanol–water partition coefficient (Wildman–Crippen LogP) is 5.78. The zero-order valence-corrected chi connectivity index (χ0v) is 39.0. The number of pyridine rings is 1. The van der Waals surface area contributed by atoms with Gasteiger partial charge in [0.1, 0.15) is 35.2 Å². The largest absolute Gasteiger partial charge is 0.484 e. The molecule has 6 heterocycles. The number of rotatable bonds is 13. The maximum atomic E-state index is 13.7. The molecule has 3 aliphatic heterocycles. The molecule has 0 radical (unpaired) electrons. The van der Waals surface area contributed by atoms with Crippen molar-refractivity contribution in [2.24, 2.45) is 13.0 Å². The van der Waals surface area contributed by atoms with Gasteiger partial charge in [-0.1, -0.05) is 18.2 Å². The number of ether oxygens (including phenoxy) is 1. The molecule has 3 aromatic carbocycles. The van der Waals surface area contributed by atoms with Crippen LogP contribution in [0, 0.1) is 11.7 Å². The Labute approximate surface area is 403 Å². The number of alkyl halides is 2. The molecule has 1 unspecified atom stereocenters. The molecule has 4 aliphatic rings. The topological polar surface area (TPSA) is 246 Å². The Morgan fingerprint density at radius 1 is 0.915 bits per heavy atom. The molecule has 1 saturated carbocycles. The van der Waals surface area contributed by atoms with Gasteiger partial charge in [0.15, 0.2) is 0 Å². The van der Waals surface area contributed by atoms with E-state index >= 15 is 0 Å². The number of aryl methyl sites for hydroxylation is 1. The zero-order chi connectivity index (χ0) is 50.0. The van der Waals surface area contributed by atoms with Crippen molar-refractivity contribution in [1.29, 1.82) is 0 Å². The minimum Gasteiger partial charge on any atom is -0.484 e. The highest BCUT2D eigenvalue weighted by Crippen LogP contribution is 2.41. The Bertz CT molecular complexity index is 3280. The number of carbonyl (C=O) groups is 5. The summed E-state index contributed by atoms with van der Waals surface area (Å²) < 4.78 is 76.7. The van der Waals surface area contributed by atoms with E-state index in [-0.39, 0.29) is 65.1 Å². The Balaban J connectivity index is 0.789. The van der Waals surface area contributed by atoms with Crippen molar-refractivity contribution in [3.63, 3.8) is 0 Å². The van der Waals surface area contributed by atoms with Crippen molar-refractivity contribution in [1.82, 2.24) is 39.7 Å². The molecule has 6 aromatic rings. The van der Waals surface area contributed by atoms with Gasteiger partial charge in [0.2, 0.25) is 17.7 Å². The summed E-state index contributed by atoms with van der Waals surface area (Å²) >= 11 is 0. The maximum Gasteiger partial charge on any atom is 0.355 e. The van der Waals surface area contributed by atoms with Gasteiger partial charge < -0.3 is 20.7 Å². The summed E-state index contributed by atoms with van der Waals surface area (Å²) in [5, 5.41) is 15.5. The standard InChI is InChI=1S/C48H46F3N11O8S/c1-24(25-3-6-29(49)7-4-25)70-38-19-26(5-10-36(38)58-71(68,69)48(50)51)41-40-42(59(2)57-41)35(22-53-43(40)52)28-21-54-61(23-28)32-13-15-60(16-14-32)45(65)27-17-31(18-27)55-30-8-9-33-34(20-30)47(67)62(46(33)66)37-11-12-39(63)56-44(37)64/h3-10,19-24,27,31-32,37,48,55,58H,11-18H2,1-2H3,(H2,52,53)(H,56,63,64)/t24-,27?,31?,37?/m0/s1. The Morgan fingerprint density at radius 2 is 1.65 bits per heavy atom. The Kier molecular flexibility index (Phi) is 12.0. The van der Waals surface area contributed by atoms with E-state index in [2.05, 4.69) is 15.6 Å². The van der Waals surface area contributed by atoms with Crippen LogP contribution in [0.3, 0.4) is 0 Å². The Hall–Kier alpha value is -7.82. The SMILES string of the molecule is C[C@H](Oc1cc(-c2nn(C)c3c(-c4cnn(C5CCN(C(=O)C6CC(Nc7ccc8c(c7)C(=O)N(C7CCC(=O)NC7=O)C8=O)C6)CC5)c4)cnc(N)c23)ccc1NS(=O)(=O)C(F)F)c1ccc(F)cc1. The van der Waals surface area contributed by atoms with Gasteiger partial charge in [0.05, 0.1) is 40.0 Å². The van der Waals surface area contributed by atoms with E-state index in [4.69, 9.17) is 20.7 Å². The number of nitrogen functional groups attached to an aromatic ring is 1. The van der Waals surface area contributed by atoms with Crippen LogP contribution in [-0.4, -0.2) is 103 Å². The van der Waals surface area contributed by atoms with Gasteiger partial charge in [0.25, 0.3) is 21.8 Å². The van der Waals surface area contributed by atoms with Crippen LogP contribution < -0.4 is 25.8 Å². The van der Waals surface area contributed by atoms with Crippen LogP contribution in [-0.2, 0) is 31.5 Å². The van der Waals surface area contributed by atoms with Crippen LogP contribution in [0.15, 0.2) is 79.3 Å². The lowest BCUT2D eigenvalue weighted by Crippen LogP contribution is -2.54. The number of imide groups is 2. The molecular formula is C48H46F3N11O8S. The summed E-state index contributed by atoms with van der Waals surface area (Å²) in [5.41, 5.74) is 10.6. The lowest BCUT2D eigenvalue weighted by atomic mass is 9.78. The summed E-state index contributed by atoms with van der Waals surface area (Å²) in [4.78, 5) is 71.4. The number of likely N-dealkylation sites (tertiary alicyclic amines) is 1. The third-order valence-corrected chi connectivity index (χ3v) is 14.6. The summed E-state index contributed by atoms with van der Waals surface area (Å²) in [7, 11) is -3.36. The highest BCUT2D eigenvalue weighted by molar-refractivity contribution is 7.93. The van der Waals surface area contributed by atoms with Crippen molar-refractivity contribution in [3.05, 3.63) is 102 Å². The number of sulfonamides is 1. The summed E-state index contributed by atoms with van der Waals surface area (Å²) in [6.07, 6.45) is 7.10. The molecule has 2 atom stereocenters. The highest BCUT2D eigenvalue weighted by Gasteiger charge is 2.45. The molecule has 71 heavy (non-hydrogen) atoms. The fourth-order valence-electron chi connectivity index (χ4n) is 9.81. The quantitative estimate of drug-likeness (QED) is 0.100. The number of nitrogens with two attached hydrogens (primary N) is 1. The summed E-state index contributed by atoms with van der Waals surface area (Å²) in [6, 6.07) is 13.5. The van der Waals surface area contributed by atoms with Crippen LogP contribution in [0.2, 0.25) is 0 Å². The molecule has 10 rings (SSSR count). The fourth-order valence-corrected chi connectivity index (χ4v) is 10.4. The monoisotopic (exact) mass is 993 g/mol. The molecule has 0 bridgehead atoms.